The van der Waals surface area contributed by atoms with Gasteiger partial charge in [-0.3, -0.25) is 0 Å². The van der Waals surface area contributed by atoms with Crippen LogP contribution in [0.5, 0.6) is 23.0 Å². The summed E-state index contributed by atoms with van der Waals surface area (Å²) < 4.78 is 10.5. The van der Waals surface area contributed by atoms with Crippen molar-refractivity contribution in [1.29, 1.82) is 0 Å². The maximum absolute atomic E-state index is 11.9. The molecule has 0 spiro atoms. The Hall–Kier alpha value is -3.21. The predicted molar refractivity (Wildman–Crippen MR) is 92.1 cm³/mol. The van der Waals surface area contributed by atoms with E-state index < -0.39 is 5.97 Å². The number of allylic oxidation sites excluding steroid dienone is 1. The lowest BCUT2D eigenvalue weighted by atomic mass is 10.2. The Morgan fingerprint density at radius 1 is 0.958 bits per heavy atom. The first-order valence-electron chi connectivity index (χ1n) is 7.26. The highest BCUT2D eigenvalue weighted by Gasteiger charge is 2.08. The molecule has 0 bridgehead atoms. The van der Waals surface area contributed by atoms with Crippen molar-refractivity contribution in [3.8, 4) is 23.0 Å². The van der Waals surface area contributed by atoms with Crippen molar-refractivity contribution < 1.29 is 24.5 Å². The Bertz CT molecular complexity index is 790. The topological polar surface area (TPSA) is 76.0 Å². The van der Waals surface area contributed by atoms with Gasteiger partial charge in [0.2, 0.25) is 0 Å². The second-order valence-electron chi connectivity index (χ2n) is 4.91. The van der Waals surface area contributed by atoms with Gasteiger partial charge in [-0.25, -0.2) is 4.79 Å². The van der Waals surface area contributed by atoms with Gasteiger partial charge in [0.15, 0.2) is 23.0 Å². The van der Waals surface area contributed by atoms with Gasteiger partial charge in [0.25, 0.3) is 0 Å². The SMILES string of the molecule is CC=Cc1ccc(OC(=O)C=Cc2ccc(O)c(O)c2)c(OC)c1. The van der Waals surface area contributed by atoms with Gasteiger partial charge in [0.05, 0.1) is 7.11 Å². The first-order valence-corrected chi connectivity index (χ1v) is 7.26. The zero-order valence-corrected chi connectivity index (χ0v) is 13.4. The van der Waals surface area contributed by atoms with Crippen LogP contribution in [0.25, 0.3) is 12.2 Å². The van der Waals surface area contributed by atoms with Crippen molar-refractivity contribution in [3.63, 3.8) is 0 Å². The fraction of sp³-hybridized carbons (Fsp3) is 0.105. The lowest BCUT2D eigenvalue weighted by Crippen LogP contribution is -2.05. The third-order valence-corrected chi connectivity index (χ3v) is 3.17. The van der Waals surface area contributed by atoms with Crippen molar-refractivity contribution in [2.24, 2.45) is 0 Å². The summed E-state index contributed by atoms with van der Waals surface area (Å²) in [4.78, 5) is 11.9. The maximum atomic E-state index is 11.9. The molecule has 0 amide bonds. The highest BCUT2D eigenvalue weighted by atomic mass is 16.6. The molecule has 2 rings (SSSR count). The number of rotatable bonds is 5. The summed E-state index contributed by atoms with van der Waals surface area (Å²) in [6, 6.07) is 9.48. The van der Waals surface area contributed by atoms with Gasteiger partial charge >= 0.3 is 5.97 Å². The van der Waals surface area contributed by atoms with Gasteiger partial charge in [-0.1, -0.05) is 24.3 Å². The molecule has 2 aromatic rings. The third kappa shape index (κ3) is 4.39. The second kappa shape index (κ2) is 7.87. The molecule has 5 nitrogen and oxygen atoms in total. The number of esters is 1. The Balaban J connectivity index is 2.11. The molecule has 0 aliphatic rings. The molecule has 2 N–H and O–H groups in total. The highest BCUT2D eigenvalue weighted by Crippen LogP contribution is 2.29. The van der Waals surface area contributed by atoms with E-state index in [0.29, 0.717) is 17.1 Å². The summed E-state index contributed by atoms with van der Waals surface area (Å²) in [5.74, 6) is -0.296. The quantitative estimate of drug-likeness (QED) is 0.379. The molecule has 0 saturated carbocycles. The molecule has 0 aliphatic heterocycles. The Morgan fingerprint density at radius 3 is 2.33 bits per heavy atom. The fourth-order valence-electron chi connectivity index (χ4n) is 2.02. The number of methoxy groups -OCH3 is 1. The van der Waals surface area contributed by atoms with Gasteiger partial charge in [-0.2, -0.15) is 0 Å². The lowest BCUT2D eigenvalue weighted by molar-refractivity contribution is -0.129. The van der Waals surface area contributed by atoms with E-state index >= 15 is 0 Å². The Kier molecular flexibility index (Phi) is 5.63. The largest absolute Gasteiger partial charge is 0.504 e. The van der Waals surface area contributed by atoms with Crippen LogP contribution in [0, 0.1) is 0 Å². The molecule has 0 aliphatic carbocycles. The standard InChI is InChI=1S/C19H18O5/c1-3-4-13-6-9-17(18(12-13)23-2)24-19(22)10-7-14-5-8-15(20)16(21)11-14/h3-12,20-21H,1-2H3. The molecule has 0 unspecified atom stereocenters. The third-order valence-electron chi connectivity index (χ3n) is 3.17. The van der Waals surface area contributed by atoms with E-state index in [1.165, 1.54) is 31.4 Å². The molecule has 124 valence electrons. The molecule has 0 heterocycles. The van der Waals surface area contributed by atoms with E-state index in [4.69, 9.17) is 9.47 Å². The monoisotopic (exact) mass is 326 g/mol. The van der Waals surface area contributed by atoms with Crippen LogP contribution < -0.4 is 9.47 Å². The molecule has 2 aromatic carbocycles. The summed E-state index contributed by atoms with van der Waals surface area (Å²) in [5.41, 5.74) is 1.49. The summed E-state index contributed by atoms with van der Waals surface area (Å²) in [6.07, 6.45) is 6.51. The van der Waals surface area contributed by atoms with Crippen LogP contribution in [0.3, 0.4) is 0 Å². The van der Waals surface area contributed by atoms with E-state index in [2.05, 4.69) is 0 Å². The zero-order valence-electron chi connectivity index (χ0n) is 13.4. The Labute approximate surface area is 140 Å². The normalized spacial score (nSPS) is 11.1. The number of aromatic hydroxyl groups is 2. The summed E-state index contributed by atoms with van der Waals surface area (Å²) in [7, 11) is 1.50. The van der Waals surface area contributed by atoms with Crippen LogP contribution >= 0.6 is 0 Å². The van der Waals surface area contributed by atoms with E-state index in [-0.39, 0.29) is 11.5 Å². The number of hydrogen-bond donors (Lipinski definition) is 2. The van der Waals surface area contributed by atoms with Crippen LogP contribution in [0.2, 0.25) is 0 Å². The van der Waals surface area contributed by atoms with Gasteiger partial charge < -0.3 is 19.7 Å². The minimum absolute atomic E-state index is 0.222. The first kappa shape index (κ1) is 17.1. The maximum Gasteiger partial charge on any atom is 0.336 e. The summed E-state index contributed by atoms with van der Waals surface area (Å²) in [6.45, 7) is 1.91. The number of phenols is 2. The van der Waals surface area contributed by atoms with E-state index in [9.17, 15) is 15.0 Å². The van der Waals surface area contributed by atoms with Crippen molar-refractivity contribution in [3.05, 3.63) is 59.7 Å². The molecule has 0 saturated heterocycles. The lowest BCUT2D eigenvalue weighted by Gasteiger charge is -2.08. The van der Waals surface area contributed by atoms with Gasteiger partial charge in [0, 0.05) is 6.08 Å². The first-order chi connectivity index (χ1) is 11.5. The molecule has 24 heavy (non-hydrogen) atoms. The van der Waals surface area contributed by atoms with Crippen molar-refractivity contribution >= 4 is 18.1 Å². The zero-order chi connectivity index (χ0) is 17.5. The smallest absolute Gasteiger partial charge is 0.336 e. The van der Waals surface area contributed by atoms with Crippen LogP contribution in [0.1, 0.15) is 18.1 Å². The van der Waals surface area contributed by atoms with E-state index in [1.807, 2.05) is 25.1 Å². The Morgan fingerprint density at radius 2 is 1.67 bits per heavy atom. The van der Waals surface area contributed by atoms with Crippen molar-refractivity contribution in [1.82, 2.24) is 0 Å². The van der Waals surface area contributed by atoms with Crippen LogP contribution in [-0.4, -0.2) is 23.3 Å². The predicted octanol–water partition coefficient (Wildman–Crippen LogP) is 3.76. The number of ether oxygens (including phenoxy) is 2. The number of carbonyl (C=O) groups excluding carboxylic acids is 1. The second-order valence-corrected chi connectivity index (χ2v) is 4.91. The minimum Gasteiger partial charge on any atom is -0.504 e. The average Bonchev–Trinajstić information content (AvgIpc) is 2.57. The highest BCUT2D eigenvalue weighted by molar-refractivity contribution is 5.89. The number of phenolic OH excluding ortho intramolecular Hbond substituents is 2. The molecule has 0 fully saturated rings. The van der Waals surface area contributed by atoms with Crippen LogP contribution in [-0.2, 0) is 4.79 Å². The number of carbonyl (C=O) groups is 1. The number of hydrogen-bond acceptors (Lipinski definition) is 5. The minimum atomic E-state index is -0.584. The number of benzene rings is 2. The molecule has 5 heteroatoms. The van der Waals surface area contributed by atoms with Gasteiger partial charge in [-0.15, -0.1) is 0 Å². The van der Waals surface area contributed by atoms with E-state index in [0.717, 1.165) is 5.56 Å². The van der Waals surface area contributed by atoms with Gasteiger partial charge in [0.1, 0.15) is 0 Å². The molecule has 0 atom stereocenters. The molecular formula is C19H18O5. The fourth-order valence-corrected chi connectivity index (χ4v) is 2.02. The van der Waals surface area contributed by atoms with Crippen LogP contribution in [0.15, 0.2) is 48.6 Å². The molecule has 0 radical (unpaired) electrons. The van der Waals surface area contributed by atoms with Crippen molar-refractivity contribution in [2.45, 2.75) is 6.92 Å². The van der Waals surface area contributed by atoms with Crippen molar-refractivity contribution in [2.75, 3.05) is 7.11 Å². The average molecular weight is 326 g/mol. The van der Waals surface area contributed by atoms with E-state index in [1.54, 1.807) is 18.2 Å². The van der Waals surface area contributed by atoms with Gasteiger partial charge in [-0.05, 0) is 48.4 Å². The molecule has 0 aromatic heterocycles. The summed E-state index contributed by atoms with van der Waals surface area (Å²) >= 11 is 0. The molecular weight excluding hydrogens is 308 g/mol. The van der Waals surface area contributed by atoms with Crippen LogP contribution in [0.4, 0.5) is 0 Å². The summed E-state index contributed by atoms with van der Waals surface area (Å²) in [5, 5.41) is 18.7.